The zero-order valence-corrected chi connectivity index (χ0v) is 19.6. The molecule has 5 nitrogen and oxygen atoms in total. The van der Waals surface area contributed by atoms with E-state index in [1.807, 2.05) is 0 Å². The largest absolute Gasteiger partial charge is 0.481 e. The van der Waals surface area contributed by atoms with E-state index in [-0.39, 0.29) is 39.1 Å². The lowest BCUT2D eigenvalue weighted by Gasteiger charge is -2.66. The van der Waals surface area contributed by atoms with Crippen molar-refractivity contribution < 1.29 is 32.3 Å². The second kappa shape index (κ2) is 7.78. The Labute approximate surface area is 208 Å². The van der Waals surface area contributed by atoms with Gasteiger partial charge in [0.15, 0.2) is 0 Å². The number of carboxylic acid groups (broad SMARTS) is 1. The zero-order chi connectivity index (χ0) is 25.6. The number of carbonyl (C=O) groups is 2. The summed E-state index contributed by atoms with van der Waals surface area (Å²) in [7, 11) is 0. The van der Waals surface area contributed by atoms with Crippen molar-refractivity contribution in [2.75, 3.05) is 0 Å². The SMILES string of the molecule is O=C(O)C1CC2CC3(C2)CC(C1)C3c1nn(C(=O)c2c(Cl)cccc2C(F)(F)F)c2cccc(F)c12. The summed E-state index contributed by atoms with van der Waals surface area (Å²) >= 11 is 6.07. The van der Waals surface area contributed by atoms with Crippen LogP contribution in [0.1, 0.15) is 59.6 Å². The van der Waals surface area contributed by atoms with Crippen molar-refractivity contribution in [3.05, 3.63) is 64.1 Å². The van der Waals surface area contributed by atoms with Crippen LogP contribution in [-0.4, -0.2) is 26.8 Å². The van der Waals surface area contributed by atoms with Crippen LogP contribution in [0, 0.1) is 29.0 Å². The fourth-order valence-electron chi connectivity index (χ4n) is 7.19. The molecule has 0 amide bonds. The molecule has 1 aromatic heterocycles. The van der Waals surface area contributed by atoms with Gasteiger partial charge in [0.2, 0.25) is 0 Å². The van der Waals surface area contributed by atoms with Crippen LogP contribution in [0.5, 0.6) is 0 Å². The van der Waals surface area contributed by atoms with E-state index in [0.717, 1.165) is 36.1 Å². The average molecular weight is 521 g/mol. The van der Waals surface area contributed by atoms with Crippen molar-refractivity contribution in [3.63, 3.8) is 0 Å². The molecule has 10 heteroatoms. The predicted molar refractivity (Wildman–Crippen MR) is 122 cm³/mol. The number of benzene rings is 2. The third-order valence-corrected chi connectivity index (χ3v) is 8.76. The van der Waals surface area contributed by atoms with E-state index < -0.39 is 40.9 Å². The highest BCUT2D eigenvalue weighted by atomic mass is 35.5. The lowest BCUT2D eigenvalue weighted by atomic mass is 9.38. The van der Waals surface area contributed by atoms with Crippen molar-refractivity contribution >= 4 is 34.4 Å². The molecule has 5 fully saturated rings. The first kappa shape index (κ1) is 23.5. The van der Waals surface area contributed by atoms with Crippen LogP contribution in [0.3, 0.4) is 0 Å². The maximum Gasteiger partial charge on any atom is 0.417 e. The minimum atomic E-state index is -4.83. The topological polar surface area (TPSA) is 72.2 Å². The number of nitrogens with zero attached hydrogens (tertiary/aromatic N) is 2. The summed E-state index contributed by atoms with van der Waals surface area (Å²) in [4.78, 5) is 25.3. The number of rotatable bonds is 3. The summed E-state index contributed by atoms with van der Waals surface area (Å²) in [6.45, 7) is 0. The number of hydrogen-bond acceptors (Lipinski definition) is 3. The number of hydrogen-bond donors (Lipinski definition) is 1. The smallest absolute Gasteiger partial charge is 0.417 e. The third-order valence-electron chi connectivity index (χ3n) is 8.45. The molecule has 2 aromatic carbocycles. The second-order valence-electron chi connectivity index (χ2n) is 10.5. The number of aromatic nitrogens is 2. The van der Waals surface area contributed by atoms with E-state index in [0.29, 0.717) is 18.5 Å². The molecular weight excluding hydrogens is 500 g/mol. The Morgan fingerprint density at radius 1 is 1.08 bits per heavy atom. The molecule has 5 saturated carbocycles. The van der Waals surface area contributed by atoms with E-state index in [2.05, 4.69) is 5.10 Å². The zero-order valence-electron chi connectivity index (χ0n) is 18.9. The molecule has 0 saturated heterocycles. The second-order valence-corrected chi connectivity index (χ2v) is 10.9. The summed E-state index contributed by atoms with van der Waals surface area (Å²) in [5.41, 5.74) is -1.70. The van der Waals surface area contributed by atoms with E-state index in [1.165, 1.54) is 24.3 Å². The fraction of sp³-hybridized carbons (Fsp3) is 0.423. The summed E-state index contributed by atoms with van der Waals surface area (Å²) in [5.74, 6) is -3.12. The molecule has 5 aliphatic carbocycles. The van der Waals surface area contributed by atoms with Crippen LogP contribution >= 0.6 is 11.6 Å². The van der Waals surface area contributed by atoms with Crippen LogP contribution in [-0.2, 0) is 11.0 Å². The highest BCUT2D eigenvalue weighted by molar-refractivity contribution is 6.34. The number of alkyl halides is 3. The van der Waals surface area contributed by atoms with Crippen LogP contribution in [0.4, 0.5) is 17.6 Å². The predicted octanol–water partition coefficient (Wildman–Crippen LogP) is 6.53. The van der Waals surface area contributed by atoms with Gasteiger partial charge in [-0.05, 0) is 73.6 Å². The number of aliphatic carboxylic acids is 1. The van der Waals surface area contributed by atoms with Gasteiger partial charge in [0.25, 0.3) is 5.91 Å². The molecule has 3 aromatic rings. The van der Waals surface area contributed by atoms with Crippen LogP contribution in [0.2, 0.25) is 5.02 Å². The van der Waals surface area contributed by atoms with Crippen LogP contribution < -0.4 is 0 Å². The van der Waals surface area contributed by atoms with Crippen LogP contribution in [0.15, 0.2) is 36.4 Å². The molecule has 3 unspecified atom stereocenters. The van der Waals surface area contributed by atoms with E-state index >= 15 is 4.39 Å². The molecule has 188 valence electrons. The van der Waals surface area contributed by atoms with Gasteiger partial charge in [-0.2, -0.15) is 23.0 Å². The number of fused-ring (bicyclic) bond motifs is 1. The summed E-state index contributed by atoms with van der Waals surface area (Å²) in [5, 5.41) is 13.9. The normalized spacial score (nSPS) is 29.1. The molecule has 3 atom stereocenters. The molecule has 8 rings (SSSR count). The maximum absolute atomic E-state index is 15.2. The molecule has 0 radical (unpaired) electrons. The Morgan fingerprint density at radius 3 is 2.50 bits per heavy atom. The molecule has 1 spiro atoms. The Morgan fingerprint density at radius 2 is 1.81 bits per heavy atom. The van der Waals surface area contributed by atoms with Gasteiger partial charge >= 0.3 is 12.1 Å². The first-order valence-corrected chi connectivity index (χ1v) is 12.2. The van der Waals surface area contributed by atoms with Crippen LogP contribution in [0.25, 0.3) is 10.9 Å². The highest BCUT2D eigenvalue weighted by Crippen LogP contribution is 2.72. The molecule has 36 heavy (non-hydrogen) atoms. The molecule has 1 heterocycles. The van der Waals surface area contributed by atoms with Crippen molar-refractivity contribution in [1.82, 2.24) is 9.78 Å². The van der Waals surface area contributed by atoms with Crippen molar-refractivity contribution in [1.29, 1.82) is 0 Å². The van der Waals surface area contributed by atoms with Gasteiger partial charge in [0.05, 0.1) is 38.7 Å². The Hall–Kier alpha value is -2.94. The van der Waals surface area contributed by atoms with Gasteiger partial charge in [-0.1, -0.05) is 23.7 Å². The lowest BCUT2D eigenvalue weighted by molar-refractivity contribution is -0.159. The Bertz CT molecular complexity index is 1420. The quantitative estimate of drug-likeness (QED) is 0.398. The Kier molecular flexibility index (Phi) is 5.07. The van der Waals surface area contributed by atoms with Gasteiger partial charge < -0.3 is 5.11 Å². The minimum Gasteiger partial charge on any atom is -0.481 e. The summed E-state index contributed by atoms with van der Waals surface area (Å²) in [6, 6.07) is 7.14. The minimum absolute atomic E-state index is 0.0559. The molecule has 1 N–H and O–H groups in total. The first-order chi connectivity index (χ1) is 17.0. The first-order valence-electron chi connectivity index (χ1n) is 11.8. The van der Waals surface area contributed by atoms with Crippen molar-refractivity contribution in [2.45, 2.75) is 44.2 Å². The van der Waals surface area contributed by atoms with Gasteiger partial charge in [0, 0.05) is 5.92 Å². The maximum atomic E-state index is 15.2. The molecule has 5 aliphatic rings. The fourth-order valence-corrected chi connectivity index (χ4v) is 7.45. The summed E-state index contributed by atoms with van der Waals surface area (Å²) in [6.07, 6.45) is -1.38. The standard InChI is InChI=1S/C26H21ClF4N2O3/c27-16-4-1-3-15(26(29,30)31)19(16)23(34)33-18-6-2-5-17(28)20(18)22(32-33)21-14-8-13(24(35)36)7-12-9-25(21,10-12)11-14/h1-6,12-14,21H,7-11H2,(H,35,36). The number of carboxylic acids is 1. The van der Waals surface area contributed by atoms with Gasteiger partial charge in [-0.15, -0.1) is 0 Å². The summed E-state index contributed by atoms with van der Waals surface area (Å²) < 4.78 is 57.2. The van der Waals surface area contributed by atoms with Gasteiger partial charge in [0.1, 0.15) is 5.82 Å². The van der Waals surface area contributed by atoms with Crippen molar-refractivity contribution in [3.8, 4) is 0 Å². The lowest BCUT2D eigenvalue weighted by Crippen LogP contribution is -2.57. The van der Waals surface area contributed by atoms with Crippen molar-refractivity contribution in [2.24, 2.45) is 23.2 Å². The number of carbonyl (C=O) groups excluding carboxylic acids is 1. The third kappa shape index (κ3) is 3.31. The Balaban J connectivity index is 1.50. The average Bonchev–Trinajstić information content (AvgIpc) is 3.09. The van der Waals surface area contributed by atoms with E-state index in [9.17, 15) is 27.9 Å². The monoisotopic (exact) mass is 520 g/mol. The molecular formula is C26H21ClF4N2O3. The highest BCUT2D eigenvalue weighted by Gasteiger charge is 2.63. The van der Waals surface area contributed by atoms with E-state index in [1.54, 1.807) is 0 Å². The van der Waals surface area contributed by atoms with Gasteiger partial charge in [-0.3, -0.25) is 9.59 Å². The number of halogens is 5. The molecule has 0 aliphatic heterocycles. The van der Waals surface area contributed by atoms with E-state index in [4.69, 9.17) is 11.6 Å². The molecule has 3 bridgehead atoms. The van der Waals surface area contributed by atoms with Gasteiger partial charge in [-0.25, -0.2) is 4.39 Å².